The van der Waals surface area contributed by atoms with Crippen molar-refractivity contribution in [2.75, 3.05) is 0 Å². The number of benzene rings is 1. The smallest absolute Gasteiger partial charge is 0.0994 e. The molecular formula is C13H15Cl2N3. The summed E-state index contributed by atoms with van der Waals surface area (Å²) in [5.41, 5.74) is 8.04. The van der Waals surface area contributed by atoms with E-state index < -0.39 is 0 Å². The van der Waals surface area contributed by atoms with E-state index in [9.17, 15) is 0 Å². The van der Waals surface area contributed by atoms with Crippen LogP contribution in [0.5, 0.6) is 0 Å². The maximum atomic E-state index is 6.17. The van der Waals surface area contributed by atoms with E-state index in [2.05, 4.69) is 18.8 Å². The predicted molar refractivity (Wildman–Crippen MR) is 75.4 cm³/mol. The fourth-order valence-electron chi connectivity index (χ4n) is 1.74. The van der Waals surface area contributed by atoms with Gasteiger partial charge in [-0.25, -0.2) is 4.98 Å². The summed E-state index contributed by atoms with van der Waals surface area (Å²) in [4.78, 5) is 4.16. The molecule has 96 valence electrons. The van der Waals surface area contributed by atoms with Crippen molar-refractivity contribution in [2.45, 2.75) is 19.9 Å². The van der Waals surface area contributed by atoms with Crippen molar-refractivity contribution < 1.29 is 0 Å². The molecule has 1 unspecified atom stereocenters. The summed E-state index contributed by atoms with van der Waals surface area (Å²) in [5, 5.41) is 1.06. The third-order valence-electron chi connectivity index (χ3n) is 2.91. The van der Waals surface area contributed by atoms with Crippen molar-refractivity contribution in [1.29, 1.82) is 0 Å². The first-order chi connectivity index (χ1) is 8.50. The van der Waals surface area contributed by atoms with Gasteiger partial charge in [-0.05, 0) is 24.1 Å². The Labute approximate surface area is 117 Å². The van der Waals surface area contributed by atoms with E-state index in [0.717, 1.165) is 11.4 Å². The molecule has 0 radical (unpaired) electrons. The minimum atomic E-state index is -0.0676. The lowest BCUT2D eigenvalue weighted by molar-refractivity contribution is 0.497. The summed E-state index contributed by atoms with van der Waals surface area (Å²) in [7, 11) is 0. The second kappa shape index (κ2) is 5.31. The number of hydrogen-bond acceptors (Lipinski definition) is 2. The first-order valence-electron chi connectivity index (χ1n) is 5.74. The molecule has 0 spiro atoms. The average Bonchev–Trinajstić information content (AvgIpc) is 2.80. The Hall–Kier alpha value is -1.03. The van der Waals surface area contributed by atoms with Gasteiger partial charge in [0, 0.05) is 11.7 Å². The molecule has 0 fully saturated rings. The van der Waals surface area contributed by atoms with Crippen molar-refractivity contribution in [3.63, 3.8) is 0 Å². The highest BCUT2D eigenvalue weighted by Crippen LogP contribution is 2.27. The van der Waals surface area contributed by atoms with E-state index in [0.29, 0.717) is 16.0 Å². The lowest BCUT2D eigenvalue weighted by atomic mass is 10.0. The minimum Gasteiger partial charge on any atom is -0.322 e. The number of halogens is 2. The molecule has 0 saturated heterocycles. The number of hydrogen-bond donors (Lipinski definition) is 1. The molecule has 2 aromatic rings. The molecule has 2 rings (SSSR count). The zero-order valence-corrected chi connectivity index (χ0v) is 11.8. The van der Waals surface area contributed by atoms with Crippen LogP contribution in [-0.4, -0.2) is 9.55 Å². The highest BCUT2D eigenvalue weighted by Gasteiger charge is 2.16. The number of nitrogens with two attached hydrogens (primary N) is 1. The normalized spacial score (nSPS) is 13.0. The summed E-state index contributed by atoms with van der Waals surface area (Å²) in [5.74, 6) is 0.336. The fourth-order valence-corrected chi connectivity index (χ4v) is 2.04. The van der Waals surface area contributed by atoms with E-state index in [1.165, 1.54) is 0 Å². The summed E-state index contributed by atoms with van der Waals surface area (Å²) in [6.07, 6.45) is 3.52. The Morgan fingerprint density at radius 1 is 1.22 bits per heavy atom. The Balaban J connectivity index is 2.45. The van der Waals surface area contributed by atoms with Gasteiger partial charge in [-0.2, -0.15) is 0 Å². The van der Waals surface area contributed by atoms with Crippen LogP contribution in [0.1, 0.15) is 25.6 Å². The third kappa shape index (κ3) is 2.53. The molecule has 0 amide bonds. The van der Waals surface area contributed by atoms with Crippen LogP contribution in [0.15, 0.2) is 30.7 Å². The highest BCUT2D eigenvalue weighted by molar-refractivity contribution is 6.42. The van der Waals surface area contributed by atoms with Crippen molar-refractivity contribution in [2.24, 2.45) is 11.7 Å². The molecule has 2 N–H and O–H groups in total. The first-order valence-corrected chi connectivity index (χ1v) is 6.49. The second-order valence-corrected chi connectivity index (χ2v) is 5.37. The SMILES string of the molecule is CC(C)C(N)c1cncn1-c1ccc(Cl)c(Cl)c1. The monoisotopic (exact) mass is 283 g/mol. The number of imidazole rings is 1. The maximum absolute atomic E-state index is 6.17. The standard InChI is InChI=1S/C13H15Cl2N3/c1-8(2)13(16)12-6-17-7-18(12)9-3-4-10(14)11(15)5-9/h3-8,13H,16H2,1-2H3. The van der Waals surface area contributed by atoms with Gasteiger partial charge < -0.3 is 10.3 Å². The molecule has 1 aromatic carbocycles. The molecule has 0 aliphatic carbocycles. The van der Waals surface area contributed by atoms with Crippen LogP contribution in [0.25, 0.3) is 5.69 Å². The van der Waals surface area contributed by atoms with E-state index in [1.807, 2.05) is 16.7 Å². The molecule has 3 nitrogen and oxygen atoms in total. The molecule has 0 aliphatic rings. The van der Waals surface area contributed by atoms with Crippen LogP contribution in [-0.2, 0) is 0 Å². The van der Waals surface area contributed by atoms with Crippen molar-refractivity contribution >= 4 is 23.2 Å². The maximum Gasteiger partial charge on any atom is 0.0994 e. The van der Waals surface area contributed by atoms with Crippen LogP contribution in [0.4, 0.5) is 0 Å². The van der Waals surface area contributed by atoms with E-state index in [-0.39, 0.29) is 6.04 Å². The van der Waals surface area contributed by atoms with Gasteiger partial charge in [0.2, 0.25) is 0 Å². The van der Waals surface area contributed by atoms with Gasteiger partial charge in [0.15, 0.2) is 0 Å². The minimum absolute atomic E-state index is 0.0676. The summed E-state index contributed by atoms with van der Waals surface area (Å²) in [6.45, 7) is 4.16. The van der Waals surface area contributed by atoms with Crippen LogP contribution in [0.2, 0.25) is 10.0 Å². The average molecular weight is 284 g/mol. The molecule has 18 heavy (non-hydrogen) atoms. The topological polar surface area (TPSA) is 43.8 Å². The molecule has 5 heteroatoms. The molecule has 0 bridgehead atoms. The van der Waals surface area contributed by atoms with Crippen molar-refractivity contribution in [1.82, 2.24) is 9.55 Å². The van der Waals surface area contributed by atoms with Crippen LogP contribution in [0.3, 0.4) is 0 Å². The van der Waals surface area contributed by atoms with Crippen LogP contribution >= 0.6 is 23.2 Å². The fraction of sp³-hybridized carbons (Fsp3) is 0.308. The number of aromatic nitrogens is 2. The Morgan fingerprint density at radius 2 is 1.94 bits per heavy atom. The summed E-state index contributed by atoms with van der Waals surface area (Å²) in [6, 6.07) is 5.40. The summed E-state index contributed by atoms with van der Waals surface area (Å²) >= 11 is 11.9. The van der Waals surface area contributed by atoms with Crippen LogP contribution in [0, 0.1) is 5.92 Å². The number of rotatable bonds is 3. The van der Waals surface area contributed by atoms with Gasteiger partial charge >= 0.3 is 0 Å². The Bertz CT molecular complexity index is 549. The van der Waals surface area contributed by atoms with Crippen LogP contribution < -0.4 is 5.73 Å². The van der Waals surface area contributed by atoms with Gasteiger partial charge in [-0.15, -0.1) is 0 Å². The molecule has 1 aromatic heterocycles. The van der Waals surface area contributed by atoms with Crippen molar-refractivity contribution in [3.05, 3.63) is 46.5 Å². The van der Waals surface area contributed by atoms with E-state index in [1.54, 1.807) is 18.6 Å². The Morgan fingerprint density at radius 3 is 2.56 bits per heavy atom. The van der Waals surface area contributed by atoms with Gasteiger partial charge in [0.1, 0.15) is 0 Å². The molecule has 0 saturated carbocycles. The van der Waals surface area contributed by atoms with Gasteiger partial charge in [0.05, 0.1) is 28.3 Å². The van der Waals surface area contributed by atoms with Gasteiger partial charge in [-0.1, -0.05) is 37.0 Å². The molecular weight excluding hydrogens is 269 g/mol. The lowest BCUT2D eigenvalue weighted by Gasteiger charge is -2.18. The number of nitrogens with zero attached hydrogens (tertiary/aromatic N) is 2. The highest BCUT2D eigenvalue weighted by atomic mass is 35.5. The summed E-state index contributed by atoms with van der Waals surface area (Å²) < 4.78 is 1.94. The zero-order valence-electron chi connectivity index (χ0n) is 10.3. The van der Waals surface area contributed by atoms with Gasteiger partial charge in [0.25, 0.3) is 0 Å². The third-order valence-corrected chi connectivity index (χ3v) is 3.65. The second-order valence-electron chi connectivity index (χ2n) is 4.56. The molecule has 1 heterocycles. The predicted octanol–water partition coefficient (Wildman–Crippen LogP) is 3.83. The lowest BCUT2D eigenvalue weighted by Crippen LogP contribution is -2.19. The zero-order chi connectivity index (χ0) is 13.3. The first kappa shape index (κ1) is 13.4. The van der Waals surface area contributed by atoms with E-state index in [4.69, 9.17) is 28.9 Å². The molecule has 0 aliphatic heterocycles. The van der Waals surface area contributed by atoms with Gasteiger partial charge in [-0.3, -0.25) is 0 Å². The largest absolute Gasteiger partial charge is 0.322 e. The molecule has 1 atom stereocenters. The van der Waals surface area contributed by atoms with Crippen molar-refractivity contribution in [3.8, 4) is 5.69 Å². The Kier molecular flexibility index (Phi) is 3.95. The van der Waals surface area contributed by atoms with E-state index >= 15 is 0 Å². The quantitative estimate of drug-likeness (QED) is 0.930.